The standard InChI is InChI=1S/C18H18N2O3/c1-23-16-10-7-15(8-11-16)13-18(22)20-19-17(21)12-9-14-5-3-2-4-6-14/h2-12H,13H2,1H3,(H,19,21)(H,20,22). The van der Waals surface area contributed by atoms with Crippen LogP contribution >= 0.6 is 0 Å². The number of hydrogen-bond acceptors (Lipinski definition) is 3. The number of methoxy groups -OCH3 is 1. The van der Waals surface area contributed by atoms with Gasteiger partial charge in [0.1, 0.15) is 5.75 Å². The van der Waals surface area contributed by atoms with Crippen molar-refractivity contribution in [2.75, 3.05) is 7.11 Å². The maximum atomic E-state index is 11.8. The highest BCUT2D eigenvalue weighted by Crippen LogP contribution is 2.11. The second kappa shape index (κ2) is 8.38. The molecular weight excluding hydrogens is 292 g/mol. The monoisotopic (exact) mass is 310 g/mol. The van der Waals surface area contributed by atoms with Gasteiger partial charge in [-0.05, 0) is 29.3 Å². The van der Waals surface area contributed by atoms with Crippen molar-refractivity contribution in [3.05, 3.63) is 71.8 Å². The number of benzene rings is 2. The first-order valence-corrected chi connectivity index (χ1v) is 7.12. The molecule has 0 atom stereocenters. The Labute approximate surface area is 134 Å². The minimum Gasteiger partial charge on any atom is -0.497 e. The van der Waals surface area contributed by atoms with Gasteiger partial charge in [0.05, 0.1) is 13.5 Å². The molecule has 0 fully saturated rings. The van der Waals surface area contributed by atoms with Gasteiger partial charge in [0, 0.05) is 6.08 Å². The fourth-order valence-electron chi connectivity index (χ4n) is 1.88. The largest absolute Gasteiger partial charge is 0.497 e. The summed E-state index contributed by atoms with van der Waals surface area (Å²) in [5.41, 5.74) is 6.46. The lowest BCUT2D eigenvalue weighted by molar-refractivity contribution is -0.126. The van der Waals surface area contributed by atoms with Crippen LogP contribution in [-0.2, 0) is 16.0 Å². The van der Waals surface area contributed by atoms with Crippen LogP contribution in [0, 0.1) is 0 Å². The zero-order valence-corrected chi connectivity index (χ0v) is 12.8. The summed E-state index contributed by atoms with van der Waals surface area (Å²) in [6.45, 7) is 0. The summed E-state index contributed by atoms with van der Waals surface area (Å²) in [6.07, 6.45) is 3.21. The highest BCUT2D eigenvalue weighted by Gasteiger charge is 2.04. The number of amides is 2. The minimum atomic E-state index is -0.392. The first-order chi connectivity index (χ1) is 11.2. The van der Waals surface area contributed by atoms with Crippen molar-refractivity contribution in [2.45, 2.75) is 6.42 Å². The molecule has 118 valence electrons. The van der Waals surface area contributed by atoms with Crippen LogP contribution < -0.4 is 15.6 Å². The van der Waals surface area contributed by atoms with Gasteiger partial charge in [-0.2, -0.15) is 0 Å². The zero-order chi connectivity index (χ0) is 16.5. The smallest absolute Gasteiger partial charge is 0.262 e. The van der Waals surface area contributed by atoms with E-state index in [9.17, 15) is 9.59 Å². The Kier molecular flexibility index (Phi) is 5.94. The maximum absolute atomic E-state index is 11.8. The second-order valence-corrected chi connectivity index (χ2v) is 4.81. The summed E-state index contributed by atoms with van der Waals surface area (Å²) in [4.78, 5) is 23.4. The number of hydrazine groups is 1. The van der Waals surface area contributed by atoms with Crippen LogP contribution in [-0.4, -0.2) is 18.9 Å². The van der Waals surface area contributed by atoms with Gasteiger partial charge in [-0.15, -0.1) is 0 Å². The summed E-state index contributed by atoms with van der Waals surface area (Å²) in [5.74, 6) is 0.0436. The number of rotatable bonds is 5. The molecule has 23 heavy (non-hydrogen) atoms. The van der Waals surface area contributed by atoms with E-state index in [4.69, 9.17) is 4.74 Å². The maximum Gasteiger partial charge on any atom is 0.262 e. The van der Waals surface area contributed by atoms with E-state index in [-0.39, 0.29) is 12.3 Å². The minimum absolute atomic E-state index is 0.173. The lowest BCUT2D eigenvalue weighted by atomic mass is 10.1. The zero-order valence-electron chi connectivity index (χ0n) is 12.8. The summed E-state index contributed by atoms with van der Waals surface area (Å²) in [7, 11) is 1.58. The van der Waals surface area contributed by atoms with Gasteiger partial charge in [-0.1, -0.05) is 42.5 Å². The molecule has 0 saturated carbocycles. The van der Waals surface area contributed by atoms with Gasteiger partial charge in [-0.3, -0.25) is 20.4 Å². The molecule has 2 rings (SSSR count). The number of nitrogens with one attached hydrogen (secondary N) is 2. The second-order valence-electron chi connectivity index (χ2n) is 4.81. The summed E-state index contributed by atoms with van der Waals surface area (Å²) in [5, 5.41) is 0. The van der Waals surface area contributed by atoms with E-state index in [1.807, 2.05) is 30.3 Å². The SMILES string of the molecule is COc1ccc(CC(=O)NNC(=O)C=Cc2ccccc2)cc1. The van der Waals surface area contributed by atoms with Crippen molar-refractivity contribution in [3.8, 4) is 5.75 Å². The predicted molar refractivity (Wildman–Crippen MR) is 88.5 cm³/mol. The average Bonchev–Trinajstić information content (AvgIpc) is 2.60. The van der Waals surface area contributed by atoms with Crippen molar-refractivity contribution in [1.82, 2.24) is 10.9 Å². The van der Waals surface area contributed by atoms with Crippen LogP contribution in [0.3, 0.4) is 0 Å². The van der Waals surface area contributed by atoms with Gasteiger partial charge in [-0.25, -0.2) is 0 Å². The van der Waals surface area contributed by atoms with Crippen LogP contribution in [0.15, 0.2) is 60.7 Å². The van der Waals surface area contributed by atoms with E-state index >= 15 is 0 Å². The normalized spacial score (nSPS) is 10.3. The summed E-state index contributed by atoms with van der Waals surface area (Å²) in [6, 6.07) is 16.6. The summed E-state index contributed by atoms with van der Waals surface area (Å²) >= 11 is 0. The highest BCUT2D eigenvalue weighted by atomic mass is 16.5. The third-order valence-electron chi connectivity index (χ3n) is 3.08. The first kappa shape index (κ1) is 16.3. The van der Waals surface area contributed by atoms with E-state index in [1.165, 1.54) is 6.08 Å². The van der Waals surface area contributed by atoms with Gasteiger partial charge >= 0.3 is 0 Å². The van der Waals surface area contributed by atoms with Crippen molar-refractivity contribution < 1.29 is 14.3 Å². The summed E-state index contributed by atoms with van der Waals surface area (Å²) < 4.78 is 5.05. The molecule has 0 unspecified atom stereocenters. The van der Waals surface area contributed by atoms with Crippen LogP contribution in [0.25, 0.3) is 6.08 Å². The molecule has 2 aromatic carbocycles. The Bertz CT molecular complexity index is 679. The molecule has 0 aliphatic carbocycles. The molecular formula is C18H18N2O3. The third kappa shape index (κ3) is 5.67. The average molecular weight is 310 g/mol. The molecule has 0 aromatic heterocycles. The third-order valence-corrected chi connectivity index (χ3v) is 3.08. The van der Waals surface area contributed by atoms with E-state index in [1.54, 1.807) is 37.5 Å². The quantitative estimate of drug-likeness (QED) is 0.656. The van der Waals surface area contributed by atoms with Crippen LogP contribution in [0.5, 0.6) is 5.75 Å². The van der Waals surface area contributed by atoms with Crippen molar-refractivity contribution >= 4 is 17.9 Å². The molecule has 0 aliphatic rings. The molecule has 0 saturated heterocycles. The van der Waals surface area contributed by atoms with Gasteiger partial charge in [0.2, 0.25) is 5.91 Å². The van der Waals surface area contributed by atoms with Crippen molar-refractivity contribution in [3.63, 3.8) is 0 Å². The van der Waals surface area contributed by atoms with Crippen molar-refractivity contribution in [2.24, 2.45) is 0 Å². The van der Waals surface area contributed by atoms with E-state index in [0.29, 0.717) is 0 Å². The lowest BCUT2D eigenvalue weighted by Gasteiger charge is -2.06. The van der Waals surface area contributed by atoms with Gasteiger partial charge in [0.15, 0.2) is 0 Å². The van der Waals surface area contributed by atoms with Crippen LogP contribution in [0.1, 0.15) is 11.1 Å². The number of carbonyl (C=O) groups is 2. The van der Waals surface area contributed by atoms with E-state index in [2.05, 4.69) is 10.9 Å². The Balaban J connectivity index is 1.77. The Morgan fingerprint density at radius 3 is 2.35 bits per heavy atom. The molecule has 0 radical (unpaired) electrons. The Morgan fingerprint density at radius 1 is 1.00 bits per heavy atom. The Hall–Kier alpha value is -3.08. The van der Waals surface area contributed by atoms with E-state index < -0.39 is 5.91 Å². The molecule has 0 spiro atoms. The first-order valence-electron chi connectivity index (χ1n) is 7.12. The number of carbonyl (C=O) groups excluding carboxylic acids is 2. The van der Waals surface area contributed by atoms with Gasteiger partial charge < -0.3 is 4.74 Å². The number of hydrogen-bond donors (Lipinski definition) is 2. The van der Waals surface area contributed by atoms with Crippen LogP contribution in [0.4, 0.5) is 0 Å². The number of ether oxygens (including phenoxy) is 1. The van der Waals surface area contributed by atoms with Crippen molar-refractivity contribution in [1.29, 1.82) is 0 Å². The molecule has 0 heterocycles. The molecule has 2 N–H and O–H groups in total. The molecule has 0 aliphatic heterocycles. The van der Waals surface area contributed by atoms with Gasteiger partial charge in [0.25, 0.3) is 5.91 Å². The molecule has 0 bridgehead atoms. The highest BCUT2D eigenvalue weighted by molar-refractivity contribution is 5.93. The topological polar surface area (TPSA) is 67.4 Å². The lowest BCUT2D eigenvalue weighted by Crippen LogP contribution is -2.41. The predicted octanol–water partition coefficient (Wildman–Crippen LogP) is 2.10. The molecule has 5 heteroatoms. The Morgan fingerprint density at radius 2 is 1.70 bits per heavy atom. The fourth-order valence-corrected chi connectivity index (χ4v) is 1.88. The molecule has 2 aromatic rings. The van der Waals surface area contributed by atoms with Crippen LogP contribution in [0.2, 0.25) is 0 Å². The molecule has 5 nitrogen and oxygen atoms in total. The molecule has 2 amide bonds. The van der Waals surface area contributed by atoms with E-state index in [0.717, 1.165) is 16.9 Å². The fraction of sp³-hybridized carbons (Fsp3) is 0.111.